The maximum absolute atomic E-state index is 5.32. The third-order valence-corrected chi connectivity index (χ3v) is 4.19. The molecule has 0 unspecified atom stereocenters. The van der Waals surface area contributed by atoms with Gasteiger partial charge in [-0.05, 0) is 64.9 Å². The van der Waals surface area contributed by atoms with E-state index in [4.69, 9.17) is 4.74 Å². The van der Waals surface area contributed by atoms with Gasteiger partial charge >= 0.3 is 0 Å². The molecule has 0 fully saturated rings. The van der Waals surface area contributed by atoms with E-state index in [1.807, 2.05) is 6.07 Å². The molecular formula is C17H15BrO. The van der Waals surface area contributed by atoms with Gasteiger partial charge in [0.2, 0.25) is 0 Å². The molecule has 0 heterocycles. The molecule has 0 saturated carbocycles. The molecule has 1 nitrogen and oxygen atoms in total. The Kier molecular flexibility index (Phi) is 3.19. The predicted molar refractivity (Wildman–Crippen MR) is 82.7 cm³/mol. The summed E-state index contributed by atoms with van der Waals surface area (Å²) in [4.78, 5) is 0. The minimum atomic E-state index is 0.915. The lowest BCUT2D eigenvalue weighted by atomic mass is 9.95. The quantitative estimate of drug-likeness (QED) is 0.746. The zero-order chi connectivity index (χ0) is 13.4. The lowest BCUT2D eigenvalue weighted by molar-refractivity contribution is 0.414. The first-order valence-corrected chi connectivity index (χ1v) is 7.13. The minimum Gasteiger partial charge on any atom is -0.497 e. The molecule has 3 rings (SSSR count). The summed E-state index contributed by atoms with van der Waals surface area (Å²) in [5, 5.41) is 0. The molecule has 0 aromatic heterocycles. The van der Waals surface area contributed by atoms with Crippen LogP contribution in [0.4, 0.5) is 0 Å². The summed E-state index contributed by atoms with van der Waals surface area (Å²) in [5.41, 5.74) is 6.27. The molecule has 0 atom stereocenters. The van der Waals surface area contributed by atoms with Crippen LogP contribution in [-0.4, -0.2) is 7.11 Å². The summed E-state index contributed by atoms with van der Waals surface area (Å²) in [5.74, 6) is 0.915. The number of halogens is 1. The van der Waals surface area contributed by atoms with Crippen molar-refractivity contribution in [2.45, 2.75) is 12.8 Å². The van der Waals surface area contributed by atoms with Gasteiger partial charge < -0.3 is 4.74 Å². The SMILES string of the molecule is C=C1c2ccc(OC)cc2CCc2ccc(Br)cc21. The van der Waals surface area contributed by atoms with Crippen LogP contribution in [0.2, 0.25) is 0 Å². The number of ether oxygens (including phenoxy) is 1. The molecule has 0 saturated heterocycles. The van der Waals surface area contributed by atoms with Crippen molar-refractivity contribution in [1.82, 2.24) is 0 Å². The van der Waals surface area contributed by atoms with Crippen LogP contribution in [0.5, 0.6) is 5.75 Å². The molecule has 19 heavy (non-hydrogen) atoms. The smallest absolute Gasteiger partial charge is 0.119 e. The van der Waals surface area contributed by atoms with Crippen LogP contribution in [0.15, 0.2) is 47.4 Å². The van der Waals surface area contributed by atoms with E-state index in [2.05, 4.69) is 52.8 Å². The normalized spacial score (nSPS) is 13.5. The van der Waals surface area contributed by atoms with E-state index < -0.39 is 0 Å². The van der Waals surface area contributed by atoms with Crippen LogP contribution in [0.1, 0.15) is 22.3 Å². The summed E-state index contributed by atoms with van der Waals surface area (Å²) < 4.78 is 6.42. The fourth-order valence-corrected chi connectivity index (χ4v) is 3.02. The summed E-state index contributed by atoms with van der Waals surface area (Å²) in [6.07, 6.45) is 2.07. The second-order valence-corrected chi connectivity index (χ2v) is 5.72. The predicted octanol–water partition coefficient (Wildman–Crippen LogP) is 4.62. The summed E-state index contributed by atoms with van der Waals surface area (Å²) in [6.45, 7) is 4.29. The molecular weight excluding hydrogens is 300 g/mol. The maximum atomic E-state index is 5.32. The van der Waals surface area contributed by atoms with Crippen molar-refractivity contribution in [1.29, 1.82) is 0 Å². The van der Waals surface area contributed by atoms with Gasteiger partial charge in [0.05, 0.1) is 7.11 Å². The van der Waals surface area contributed by atoms with Gasteiger partial charge in [0.15, 0.2) is 0 Å². The highest BCUT2D eigenvalue weighted by Crippen LogP contribution is 2.35. The Morgan fingerprint density at radius 3 is 2.58 bits per heavy atom. The Morgan fingerprint density at radius 1 is 1.00 bits per heavy atom. The van der Waals surface area contributed by atoms with Gasteiger partial charge in [0.1, 0.15) is 5.75 Å². The van der Waals surface area contributed by atoms with Gasteiger partial charge in [0.25, 0.3) is 0 Å². The Balaban J connectivity index is 2.15. The van der Waals surface area contributed by atoms with Gasteiger partial charge in [-0.1, -0.05) is 34.6 Å². The van der Waals surface area contributed by atoms with Crippen molar-refractivity contribution >= 4 is 21.5 Å². The molecule has 0 aliphatic heterocycles. The summed E-state index contributed by atoms with van der Waals surface area (Å²) >= 11 is 3.55. The second-order valence-electron chi connectivity index (χ2n) is 4.80. The first-order chi connectivity index (χ1) is 9.19. The maximum Gasteiger partial charge on any atom is 0.119 e. The zero-order valence-electron chi connectivity index (χ0n) is 10.9. The molecule has 1 aliphatic rings. The Morgan fingerprint density at radius 2 is 1.79 bits per heavy atom. The lowest BCUT2D eigenvalue weighted by Gasteiger charge is -2.11. The highest BCUT2D eigenvalue weighted by Gasteiger charge is 2.17. The number of aryl methyl sites for hydroxylation is 2. The molecule has 96 valence electrons. The van der Waals surface area contributed by atoms with E-state index in [0.29, 0.717) is 0 Å². The van der Waals surface area contributed by atoms with Gasteiger partial charge in [-0.3, -0.25) is 0 Å². The van der Waals surface area contributed by atoms with E-state index in [1.165, 1.54) is 22.3 Å². The first kappa shape index (κ1) is 12.5. The van der Waals surface area contributed by atoms with Gasteiger partial charge in [-0.25, -0.2) is 0 Å². The molecule has 2 aromatic carbocycles. The van der Waals surface area contributed by atoms with E-state index in [-0.39, 0.29) is 0 Å². The van der Waals surface area contributed by atoms with Crippen molar-refractivity contribution in [3.05, 3.63) is 69.7 Å². The molecule has 0 bridgehead atoms. The van der Waals surface area contributed by atoms with Gasteiger partial charge in [-0.15, -0.1) is 0 Å². The number of methoxy groups -OCH3 is 1. The first-order valence-electron chi connectivity index (χ1n) is 6.34. The molecule has 0 N–H and O–H groups in total. The highest BCUT2D eigenvalue weighted by atomic mass is 79.9. The lowest BCUT2D eigenvalue weighted by Crippen LogP contribution is -1.93. The zero-order valence-corrected chi connectivity index (χ0v) is 12.5. The number of benzene rings is 2. The van der Waals surface area contributed by atoms with Crippen LogP contribution in [-0.2, 0) is 12.8 Å². The number of hydrogen-bond donors (Lipinski definition) is 0. The van der Waals surface area contributed by atoms with Crippen LogP contribution >= 0.6 is 15.9 Å². The number of fused-ring (bicyclic) bond motifs is 2. The largest absolute Gasteiger partial charge is 0.497 e. The van der Waals surface area contributed by atoms with Gasteiger partial charge in [0, 0.05) is 4.47 Å². The Hall–Kier alpha value is -1.54. The third-order valence-electron chi connectivity index (χ3n) is 3.70. The van der Waals surface area contributed by atoms with E-state index in [9.17, 15) is 0 Å². The number of rotatable bonds is 1. The number of hydrogen-bond acceptors (Lipinski definition) is 1. The van der Waals surface area contributed by atoms with Crippen molar-refractivity contribution in [2.24, 2.45) is 0 Å². The van der Waals surface area contributed by atoms with Crippen molar-refractivity contribution in [2.75, 3.05) is 7.11 Å². The molecule has 2 heteroatoms. The van der Waals surface area contributed by atoms with Gasteiger partial charge in [-0.2, -0.15) is 0 Å². The van der Waals surface area contributed by atoms with Crippen molar-refractivity contribution in [3.8, 4) is 5.75 Å². The van der Waals surface area contributed by atoms with E-state index in [1.54, 1.807) is 7.11 Å². The molecule has 0 spiro atoms. The van der Waals surface area contributed by atoms with Crippen molar-refractivity contribution in [3.63, 3.8) is 0 Å². The average Bonchev–Trinajstić information content (AvgIpc) is 2.57. The van der Waals surface area contributed by atoms with Crippen LogP contribution in [0.3, 0.4) is 0 Å². The fraction of sp³-hybridized carbons (Fsp3) is 0.176. The molecule has 2 aromatic rings. The average molecular weight is 315 g/mol. The van der Waals surface area contributed by atoms with Crippen LogP contribution in [0, 0.1) is 0 Å². The molecule has 0 radical (unpaired) electrons. The summed E-state index contributed by atoms with van der Waals surface area (Å²) in [6, 6.07) is 12.7. The Bertz CT molecular complexity index is 658. The highest BCUT2D eigenvalue weighted by molar-refractivity contribution is 9.10. The molecule has 0 amide bonds. The van der Waals surface area contributed by atoms with E-state index in [0.717, 1.165) is 28.6 Å². The van der Waals surface area contributed by atoms with Crippen molar-refractivity contribution < 1.29 is 4.74 Å². The summed E-state index contributed by atoms with van der Waals surface area (Å²) in [7, 11) is 1.71. The van der Waals surface area contributed by atoms with Crippen LogP contribution < -0.4 is 4.74 Å². The standard InChI is InChI=1S/C17H15BrO/c1-11-16-8-7-15(19-2)9-13(16)4-3-12-5-6-14(18)10-17(11)12/h5-10H,1,3-4H2,2H3. The van der Waals surface area contributed by atoms with Crippen LogP contribution in [0.25, 0.3) is 5.57 Å². The second kappa shape index (κ2) is 4.86. The fourth-order valence-electron chi connectivity index (χ4n) is 2.66. The Labute approximate surface area is 122 Å². The third kappa shape index (κ3) is 2.21. The van der Waals surface area contributed by atoms with E-state index >= 15 is 0 Å². The topological polar surface area (TPSA) is 9.23 Å². The minimum absolute atomic E-state index is 0.915. The monoisotopic (exact) mass is 314 g/mol. The molecule has 1 aliphatic carbocycles.